The lowest BCUT2D eigenvalue weighted by Gasteiger charge is -2.04. The van der Waals surface area contributed by atoms with Crippen LogP contribution in [0, 0.1) is 11.3 Å². The highest BCUT2D eigenvalue weighted by Gasteiger charge is 2.07. The van der Waals surface area contributed by atoms with Crippen LogP contribution >= 0.6 is 0 Å². The van der Waals surface area contributed by atoms with Gasteiger partial charge in [-0.1, -0.05) is 24.3 Å². The second kappa shape index (κ2) is 9.64. The zero-order valence-corrected chi connectivity index (χ0v) is 14.3. The van der Waals surface area contributed by atoms with Crippen LogP contribution in [-0.2, 0) is 11.2 Å². The fourth-order valence-electron chi connectivity index (χ4n) is 2.18. The highest BCUT2D eigenvalue weighted by atomic mass is 16.5. The first-order chi connectivity index (χ1) is 12.6. The van der Waals surface area contributed by atoms with E-state index < -0.39 is 5.91 Å². The van der Waals surface area contributed by atoms with E-state index in [1.807, 2.05) is 18.2 Å². The summed E-state index contributed by atoms with van der Waals surface area (Å²) in [6.07, 6.45) is 8.82. The zero-order valence-electron chi connectivity index (χ0n) is 14.3. The summed E-state index contributed by atoms with van der Waals surface area (Å²) in [6, 6.07) is 10.5. The molecule has 2 aromatic rings. The van der Waals surface area contributed by atoms with Gasteiger partial charge in [-0.05, 0) is 41.8 Å². The molecule has 0 radical (unpaired) electrons. The van der Waals surface area contributed by atoms with Crippen LogP contribution in [0.4, 0.5) is 0 Å². The maximum atomic E-state index is 12.0. The number of amides is 1. The normalized spacial score (nSPS) is 11.2. The van der Waals surface area contributed by atoms with Gasteiger partial charge in [0, 0.05) is 18.9 Å². The van der Waals surface area contributed by atoms with Crippen molar-refractivity contribution in [3.8, 4) is 17.6 Å². The predicted octanol–water partition coefficient (Wildman–Crippen LogP) is 2.62. The average molecular weight is 349 g/mol. The standard InChI is InChI=1S/C20H19N3O3/c1-26-19-12-15(7-8-18(19)24)4-2-6-17(13-21)20(25)23-11-9-16-5-3-10-22-14-16/h2-8,10,12,14,24H,9,11H2,1H3,(H,23,25)/b4-2+,17-6+. The number of aromatic hydroxyl groups is 1. The summed E-state index contributed by atoms with van der Waals surface area (Å²) < 4.78 is 5.03. The third kappa shape index (κ3) is 5.49. The molecule has 132 valence electrons. The Kier molecular flexibility index (Phi) is 6.95. The fraction of sp³-hybridized carbons (Fsp3) is 0.150. The lowest BCUT2D eigenvalue weighted by molar-refractivity contribution is -0.117. The molecule has 1 aromatic carbocycles. The molecule has 0 aliphatic rings. The summed E-state index contributed by atoms with van der Waals surface area (Å²) in [7, 11) is 1.46. The first kappa shape index (κ1) is 18.7. The summed E-state index contributed by atoms with van der Waals surface area (Å²) in [5, 5.41) is 21.4. The number of ether oxygens (including phenoxy) is 1. The Hall–Kier alpha value is -3.59. The van der Waals surface area contributed by atoms with E-state index in [9.17, 15) is 9.90 Å². The Bertz CT molecular complexity index is 852. The molecule has 6 nitrogen and oxygen atoms in total. The lowest BCUT2D eigenvalue weighted by Crippen LogP contribution is -2.26. The van der Waals surface area contributed by atoms with Gasteiger partial charge in [0.05, 0.1) is 7.11 Å². The molecule has 1 aromatic heterocycles. The monoisotopic (exact) mass is 349 g/mol. The molecule has 0 saturated carbocycles. The third-order valence-corrected chi connectivity index (χ3v) is 3.54. The summed E-state index contributed by atoms with van der Waals surface area (Å²) in [5.41, 5.74) is 1.79. The SMILES string of the molecule is COc1cc(/C=C/C=C(\C#N)C(=O)NCCc2cccnc2)ccc1O. The molecule has 2 rings (SSSR count). The number of benzene rings is 1. The van der Waals surface area contributed by atoms with Crippen LogP contribution in [0.5, 0.6) is 11.5 Å². The number of carbonyl (C=O) groups is 1. The lowest BCUT2D eigenvalue weighted by atomic mass is 10.1. The number of hydrogen-bond donors (Lipinski definition) is 2. The highest BCUT2D eigenvalue weighted by Crippen LogP contribution is 2.26. The van der Waals surface area contributed by atoms with Gasteiger partial charge in [-0.25, -0.2) is 0 Å². The topological polar surface area (TPSA) is 95.2 Å². The van der Waals surface area contributed by atoms with Crippen molar-refractivity contribution in [3.05, 3.63) is 71.6 Å². The molecule has 26 heavy (non-hydrogen) atoms. The Labute approximate surface area is 152 Å². The van der Waals surface area contributed by atoms with Crippen molar-refractivity contribution in [2.45, 2.75) is 6.42 Å². The largest absolute Gasteiger partial charge is 0.504 e. The molecule has 0 saturated heterocycles. The smallest absolute Gasteiger partial charge is 0.261 e. The third-order valence-electron chi connectivity index (χ3n) is 3.54. The average Bonchev–Trinajstić information content (AvgIpc) is 2.67. The van der Waals surface area contributed by atoms with Crippen molar-refractivity contribution in [2.75, 3.05) is 13.7 Å². The molecule has 0 aliphatic heterocycles. The second-order valence-electron chi connectivity index (χ2n) is 5.35. The van der Waals surface area contributed by atoms with Crippen LogP contribution in [0.15, 0.2) is 60.5 Å². The van der Waals surface area contributed by atoms with E-state index in [1.54, 1.807) is 36.7 Å². The number of nitrogens with one attached hydrogen (secondary N) is 1. The number of allylic oxidation sites excluding steroid dienone is 2. The van der Waals surface area contributed by atoms with Gasteiger partial charge in [0.2, 0.25) is 0 Å². The van der Waals surface area contributed by atoms with Crippen LogP contribution in [0.1, 0.15) is 11.1 Å². The highest BCUT2D eigenvalue weighted by molar-refractivity contribution is 5.97. The van der Waals surface area contributed by atoms with E-state index in [0.29, 0.717) is 18.7 Å². The van der Waals surface area contributed by atoms with E-state index in [0.717, 1.165) is 11.1 Å². The number of pyridine rings is 1. The van der Waals surface area contributed by atoms with E-state index in [-0.39, 0.29) is 11.3 Å². The number of aromatic nitrogens is 1. The van der Waals surface area contributed by atoms with Crippen molar-refractivity contribution in [1.29, 1.82) is 5.26 Å². The number of nitriles is 1. The van der Waals surface area contributed by atoms with Crippen molar-refractivity contribution in [3.63, 3.8) is 0 Å². The molecular weight excluding hydrogens is 330 g/mol. The second-order valence-corrected chi connectivity index (χ2v) is 5.35. The Morgan fingerprint density at radius 1 is 1.42 bits per heavy atom. The van der Waals surface area contributed by atoms with E-state index in [4.69, 9.17) is 10.00 Å². The number of carbonyl (C=O) groups excluding carboxylic acids is 1. The Morgan fingerprint density at radius 2 is 2.27 bits per heavy atom. The van der Waals surface area contributed by atoms with Crippen LogP contribution in [0.25, 0.3) is 6.08 Å². The number of hydrogen-bond acceptors (Lipinski definition) is 5. The van der Waals surface area contributed by atoms with Crippen molar-refractivity contribution in [2.24, 2.45) is 0 Å². The minimum atomic E-state index is -0.427. The number of rotatable bonds is 7. The van der Waals surface area contributed by atoms with Crippen molar-refractivity contribution < 1.29 is 14.6 Å². The molecule has 2 N–H and O–H groups in total. The maximum Gasteiger partial charge on any atom is 0.261 e. The first-order valence-corrected chi connectivity index (χ1v) is 7.96. The fourth-order valence-corrected chi connectivity index (χ4v) is 2.18. The van der Waals surface area contributed by atoms with Gasteiger partial charge in [0.15, 0.2) is 11.5 Å². The maximum absolute atomic E-state index is 12.0. The van der Waals surface area contributed by atoms with Crippen LogP contribution in [0.2, 0.25) is 0 Å². The quantitative estimate of drug-likeness (QED) is 0.455. The predicted molar refractivity (Wildman–Crippen MR) is 98.3 cm³/mol. The molecule has 0 fully saturated rings. The number of phenols is 1. The molecule has 6 heteroatoms. The Morgan fingerprint density at radius 3 is 2.96 bits per heavy atom. The Balaban J connectivity index is 1.94. The summed E-state index contributed by atoms with van der Waals surface area (Å²) in [5.74, 6) is -0.0278. The van der Waals surface area contributed by atoms with Crippen LogP contribution in [-0.4, -0.2) is 29.7 Å². The summed E-state index contributed by atoms with van der Waals surface area (Å²) >= 11 is 0. The number of nitrogens with zero attached hydrogens (tertiary/aromatic N) is 2. The van der Waals surface area contributed by atoms with E-state index >= 15 is 0 Å². The van der Waals surface area contributed by atoms with Gasteiger partial charge in [0.25, 0.3) is 5.91 Å². The van der Waals surface area contributed by atoms with Crippen molar-refractivity contribution >= 4 is 12.0 Å². The minimum Gasteiger partial charge on any atom is -0.504 e. The molecule has 0 spiro atoms. The van der Waals surface area contributed by atoms with Crippen LogP contribution < -0.4 is 10.1 Å². The van der Waals surface area contributed by atoms with Gasteiger partial charge in [-0.15, -0.1) is 0 Å². The number of phenolic OH excluding ortho intramolecular Hbond substituents is 1. The van der Waals surface area contributed by atoms with Gasteiger partial charge in [-0.2, -0.15) is 5.26 Å². The van der Waals surface area contributed by atoms with E-state index in [2.05, 4.69) is 10.3 Å². The molecule has 1 heterocycles. The minimum absolute atomic E-state index is 0.0122. The van der Waals surface area contributed by atoms with Gasteiger partial charge in [0.1, 0.15) is 11.6 Å². The zero-order chi connectivity index (χ0) is 18.8. The molecule has 0 bridgehead atoms. The molecule has 0 aliphatic carbocycles. The van der Waals surface area contributed by atoms with Crippen LogP contribution in [0.3, 0.4) is 0 Å². The van der Waals surface area contributed by atoms with Gasteiger partial charge in [-0.3, -0.25) is 9.78 Å². The molecule has 1 amide bonds. The van der Waals surface area contributed by atoms with Gasteiger partial charge >= 0.3 is 0 Å². The first-order valence-electron chi connectivity index (χ1n) is 7.96. The van der Waals surface area contributed by atoms with Crippen molar-refractivity contribution in [1.82, 2.24) is 10.3 Å². The summed E-state index contributed by atoms with van der Waals surface area (Å²) in [4.78, 5) is 16.1. The summed E-state index contributed by atoms with van der Waals surface area (Å²) in [6.45, 7) is 0.419. The van der Waals surface area contributed by atoms with Gasteiger partial charge < -0.3 is 15.2 Å². The molecular formula is C20H19N3O3. The molecule has 0 unspecified atom stereocenters. The van der Waals surface area contributed by atoms with E-state index in [1.165, 1.54) is 19.3 Å². The molecule has 0 atom stereocenters. The number of methoxy groups -OCH3 is 1.